The topological polar surface area (TPSA) is 51.5 Å². The zero-order valence-corrected chi connectivity index (χ0v) is 17.5. The number of nitrogens with one attached hydrogen (secondary N) is 1. The summed E-state index contributed by atoms with van der Waals surface area (Å²) in [6.07, 6.45) is 12.4. The number of furan rings is 1. The van der Waals surface area contributed by atoms with Crippen LogP contribution in [0, 0.1) is 0 Å². The number of para-hydroxylation sites is 1. The lowest BCUT2D eigenvalue weighted by Crippen LogP contribution is -2.27. The van der Waals surface area contributed by atoms with Crippen LogP contribution in [0.15, 0.2) is 46.9 Å². The summed E-state index contributed by atoms with van der Waals surface area (Å²) in [6.45, 7) is 2.91. The minimum absolute atomic E-state index is 0.395. The third-order valence-electron chi connectivity index (χ3n) is 5.36. The molecule has 0 spiro atoms. The van der Waals surface area contributed by atoms with Crippen molar-refractivity contribution in [3.05, 3.63) is 42.5 Å². The third-order valence-corrected chi connectivity index (χ3v) is 5.36. The molecule has 2 aromatic carbocycles. The van der Waals surface area contributed by atoms with Gasteiger partial charge in [-0.2, -0.15) is 0 Å². The van der Waals surface area contributed by atoms with Crippen LogP contribution in [0.4, 0.5) is 4.79 Å². The quantitative estimate of drug-likeness (QED) is 0.321. The molecule has 3 aromatic rings. The largest absolute Gasteiger partial charge is 0.456 e. The Morgan fingerprint density at radius 1 is 0.828 bits per heavy atom. The van der Waals surface area contributed by atoms with Crippen molar-refractivity contribution in [2.45, 2.75) is 71.1 Å². The summed E-state index contributed by atoms with van der Waals surface area (Å²) in [5.41, 5.74) is 1.63. The normalized spacial score (nSPS) is 11.2. The molecule has 4 heteroatoms. The second-order valence-corrected chi connectivity index (χ2v) is 7.75. The maximum absolute atomic E-state index is 12.1. The molecule has 1 aromatic heterocycles. The third kappa shape index (κ3) is 6.52. The van der Waals surface area contributed by atoms with E-state index < -0.39 is 6.09 Å². The Labute approximate surface area is 173 Å². The van der Waals surface area contributed by atoms with Crippen LogP contribution in [-0.4, -0.2) is 12.6 Å². The second kappa shape index (κ2) is 11.5. The number of rotatable bonds is 12. The summed E-state index contributed by atoms with van der Waals surface area (Å²) in [5.74, 6) is 0.532. The minimum atomic E-state index is -0.395. The molecule has 0 atom stereocenters. The Morgan fingerprint density at radius 3 is 2.24 bits per heavy atom. The fraction of sp³-hybridized carbons (Fsp3) is 0.480. The van der Waals surface area contributed by atoms with Crippen molar-refractivity contribution in [1.29, 1.82) is 0 Å². The average molecular weight is 396 g/mol. The number of carbonyl (C=O) groups is 1. The predicted molar refractivity (Wildman–Crippen MR) is 120 cm³/mol. The highest BCUT2D eigenvalue weighted by atomic mass is 16.6. The monoisotopic (exact) mass is 395 g/mol. The van der Waals surface area contributed by atoms with Crippen LogP contribution < -0.4 is 10.1 Å². The molecule has 0 saturated carbocycles. The summed E-state index contributed by atoms with van der Waals surface area (Å²) >= 11 is 0. The molecule has 0 radical (unpaired) electrons. The first-order valence-corrected chi connectivity index (χ1v) is 11.1. The fourth-order valence-electron chi connectivity index (χ4n) is 3.71. The van der Waals surface area contributed by atoms with Crippen LogP contribution in [0.2, 0.25) is 0 Å². The maximum atomic E-state index is 12.1. The van der Waals surface area contributed by atoms with Crippen molar-refractivity contribution in [3.63, 3.8) is 0 Å². The lowest BCUT2D eigenvalue weighted by molar-refractivity contribution is 0.200. The molecule has 4 nitrogen and oxygen atoms in total. The number of carbonyl (C=O) groups excluding carboxylic acids is 1. The Kier molecular flexibility index (Phi) is 8.41. The Hall–Kier alpha value is -2.49. The molecule has 3 rings (SSSR count). The fourth-order valence-corrected chi connectivity index (χ4v) is 3.71. The summed E-state index contributed by atoms with van der Waals surface area (Å²) in [4.78, 5) is 12.1. The molecule has 0 unspecified atom stereocenters. The molecule has 0 fully saturated rings. The van der Waals surface area contributed by atoms with Gasteiger partial charge >= 0.3 is 6.09 Å². The van der Waals surface area contributed by atoms with E-state index in [4.69, 9.17) is 9.15 Å². The molecule has 0 saturated heterocycles. The number of benzene rings is 2. The molecule has 0 bridgehead atoms. The van der Waals surface area contributed by atoms with Gasteiger partial charge in [0.1, 0.15) is 16.9 Å². The van der Waals surface area contributed by atoms with Gasteiger partial charge in [0, 0.05) is 17.3 Å². The van der Waals surface area contributed by atoms with Crippen molar-refractivity contribution in [3.8, 4) is 5.75 Å². The van der Waals surface area contributed by atoms with Gasteiger partial charge in [0.2, 0.25) is 0 Å². The minimum Gasteiger partial charge on any atom is -0.456 e. The van der Waals surface area contributed by atoms with E-state index in [0.717, 1.165) is 34.8 Å². The van der Waals surface area contributed by atoms with Gasteiger partial charge in [-0.1, -0.05) is 82.9 Å². The van der Waals surface area contributed by atoms with Crippen LogP contribution >= 0.6 is 0 Å². The van der Waals surface area contributed by atoms with Gasteiger partial charge in [0.25, 0.3) is 0 Å². The number of unbranched alkanes of at least 4 members (excludes halogenated alkanes) is 9. The van der Waals surface area contributed by atoms with Gasteiger partial charge in [-0.05, 0) is 30.7 Å². The summed E-state index contributed by atoms with van der Waals surface area (Å²) in [6, 6.07) is 13.4. The summed E-state index contributed by atoms with van der Waals surface area (Å²) < 4.78 is 11.2. The Balaban J connectivity index is 1.32. The molecule has 1 heterocycles. The van der Waals surface area contributed by atoms with Crippen molar-refractivity contribution >= 4 is 28.0 Å². The molecule has 0 aliphatic rings. The van der Waals surface area contributed by atoms with Gasteiger partial charge in [0.05, 0.1) is 0 Å². The smallest absolute Gasteiger partial charge is 0.412 e. The first kappa shape index (κ1) is 21.2. The van der Waals surface area contributed by atoms with E-state index >= 15 is 0 Å². The summed E-state index contributed by atoms with van der Waals surface area (Å²) in [5, 5.41) is 4.84. The molecule has 1 N–H and O–H groups in total. The SMILES string of the molecule is CCCCCCCCCCCCNC(=O)Oc1ccc2oc3ccccc3c2c1. The van der Waals surface area contributed by atoms with Crippen LogP contribution in [0.5, 0.6) is 5.75 Å². The zero-order valence-electron chi connectivity index (χ0n) is 17.5. The number of hydrogen-bond donors (Lipinski definition) is 1. The maximum Gasteiger partial charge on any atom is 0.412 e. The van der Waals surface area contributed by atoms with Gasteiger partial charge in [0.15, 0.2) is 0 Å². The molecule has 1 amide bonds. The number of hydrogen-bond acceptors (Lipinski definition) is 3. The summed E-state index contributed by atoms with van der Waals surface area (Å²) in [7, 11) is 0. The van der Waals surface area contributed by atoms with Crippen molar-refractivity contribution in [2.75, 3.05) is 6.54 Å². The van der Waals surface area contributed by atoms with Gasteiger partial charge in [-0.15, -0.1) is 0 Å². The van der Waals surface area contributed by atoms with Crippen LogP contribution in [0.25, 0.3) is 21.9 Å². The highest BCUT2D eigenvalue weighted by Crippen LogP contribution is 2.31. The van der Waals surface area contributed by atoms with Crippen molar-refractivity contribution in [1.82, 2.24) is 5.32 Å². The Bertz CT molecular complexity index is 899. The van der Waals surface area contributed by atoms with Gasteiger partial charge in [-0.3, -0.25) is 0 Å². The van der Waals surface area contributed by atoms with Crippen LogP contribution in [0.1, 0.15) is 71.1 Å². The lowest BCUT2D eigenvalue weighted by atomic mass is 10.1. The molecule has 0 aliphatic heterocycles. The van der Waals surface area contributed by atoms with E-state index in [2.05, 4.69) is 12.2 Å². The van der Waals surface area contributed by atoms with E-state index in [1.807, 2.05) is 36.4 Å². The standard InChI is InChI=1S/C25H33NO3/c1-2-3-4-5-6-7-8-9-10-13-18-26-25(27)28-20-16-17-24-22(19-20)21-14-11-12-15-23(21)29-24/h11-12,14-17,19H,2-10,13,18H2,1H3,(H,26,27). The van der Waals surface area contributed by atoms with Gasteiger partial charge < -0.3 is 14.5 Å². The van der Waals surface area contributed by atoms with Crippen molar-refractivity contribution < 1.29 is 13.9 Å². The Morgan fingerprint density at radius 2 is 1.48 bits per heavy atom. The molecule has 0 aliphatic carbocycles. The van der Waals surface area contributed by atoms with E-state index in [-0.39, 0.29) is 0 Å². The molecular formula is C25H33NO3. The first-order chi connectivity index (χ1) is 14.3. The first-order valence-electron chi connectivity index (χ1n) is 11.1. The molecular weight excluding hydrogens is 362 g/mol. The number of fused-ring (bicyclic) bond motifs is 3. The van der Waals surface area contributed by atoms with E-state index in [1.54, 1.807) is 6.07 Å². The number of amides is 1. The zero-order chi connectivity index (χ0) is 20.3. The van der Waals surface area contributed by atoms with Crippen molar-refractivity contribution in [2.24, 2.45) is 0 Å². The average Bonchev–Trinajstić information content (AvgIpc) is 3.10. The molecule has 29 heavy (non-hydrogen) atoms. The van der Waals surface area contributed by atoms with Gasteiger partial charge in [-0.25, -0.2) is 4.79 Å². The van der Waals surface area contributed by atoms with Crippen LogP contribution in [0.3, 0.4) is 0 Å². The predicted octanol–water partition coefficient (Wildman–Crippen LogP) is 7.60. The van der Waals surface area contributed by atoms with Crippen LogP contribution in [-0.2, 0) is 0 Å². The molecule has 156 valence electrons. The van der Waals surface area contributed by atoms with E-state index in [0.29, 0.717) is 12.3 Å². The lowest BCUT2D eigenvalue weighted by Gasteiger charge is -2.07. The number of ether oxygens (including phenoxy) is 1. The highest BCUT2D eigenvalue weighted by Gasteiger charge is 2.09. The van der Waals surface area contributed by atoms with E-state index in [9.17, 15) is 4.79 Å². The van der Waals surface area contributed by atoms with E-state index in [1.165, 1.54) is 51.4 Å². The highest BCUT2D eigenvalue weighted by molar-refractivity contribution is 6.05. The second-order valence-electron chi connectivity index (χ2n) is 7.75.